The largest absolute Gasteiger partial charge is 0.397 e. The molecule has 3 aromatic rings. The molecule has 6 heteroatoms. The number of hydrogen-bond acceptors (Lipinski definition) is 3. The summed E-state index contributed by atoms with van der Waals surface area (Å²) in [7, 11) is 0. The van der Waals surface area contributed by atoms with E-state index in [1.807, 2.05) is 19.1 Å². The minimum atomic E-state index is -0.172. The molecule has 0 fully saturated rings. The Hall–Kier alpha value is -2.76. The molecule has 0 saturated carbocycles. The number of amides is 1. The monoisotopic (exact) mass is 269 g/mol. The van der Waals surface area contributed by atoms with E-state index in [9.17, 15) is 4.79 Å². The molecule has 3 rings (SSSR count). The van der Waals surface area contributed by atoms with E-state index in [1.165, 1.54) is 0 Å². The Morgan fingerprint density at radius 1 is 1.45 bits per heavy atom. The van der Waals surface area contributed by atoms with Crippen molar-refractivity contribution in [1.29, 1.82) is 0 Å². The number of hydrogen-bond donors (Lipinski definition) is 4. The van der Waals surface area contributed by atoms with Gasteiger partial charge >= 0.3 is 0 Å². The number of nitrogens with one attached hydrogen (secondary N) is 3. The Morgan fingerprint density at radius 3 is 3.00 bits per heavy atom. The van der Waals surface area contributed by atoms with Crippen molar-refractivity contribution in [3.63, 3.8) is 0 Å². The molecule has 2 heterocycles. The van der Waals surface area contributed by atoms with Gasteiger partial charge in [-0.3, -0.25) is 9.89 Å². The number of nitrogens with two attached hydrogens (primary N) is 1. The van der Waals surface area contributed by atoms with Crippen LogP contribution in [-0.4, -0.2) is 21.1 Å². The number of fused-ring (bicyclic) bond motifs is 1. The predicted molar refractivity (Wildman–Crippen MR) is 77.2 cm³/mol. The van der Waals surface area contributed by atoms with Gasteiger partial charge in [0, 0.05) is 17.1 Å². The molecule has 2 aromatic heterocycles. The van der Waals surface area contributed by atoms with Crippen LogP contribution in [0.5, 0.6) is 0 Å². The van der Waals surface area contributed by atoms with Gasteiger partial charge in [-0.2, -0.15) is 5.10 Å². The first-order valence-electron chi connectivity index (χ1n) is 6.32. The molecule has 1 amide bonds. The van der Waals surface area contributed by atoms with Gasteiger partial charge in [-0.1, -0.05) is 12.1 Å². The van der Waals surface area contributed by atoms with Crippen molar-refractivity contribution in [2.75, 3.05) is 5.73 Å². The second-order valence-corrected chi connectivity index (χ2v) is 4.72. The van der Waals surface area contributed by atoms with Crippen molar-refractivity contribution in [3.05, 3.63) is 47.9 Å². The molecule has 102 valence electrons. The molecular formula is C14H15N5O. The number of H-pyrrole nitrogens is 2. The Bertz CT molecular complexity index is 744. The third kappa shape index (κ3) is 2.11. The summed E-state index contributed by atoms with van der Waals surface area (Å²) in [5.74, 6) is -0.172. The standard InChI is InChI=1S/C14H15N5O/c1-8(10-6-16-17-7-10)18-14(20)12-5-9-3-2-4-11(15)13(9)19-12/h2-8,19H,15H2,1H3,(H,16,17)(H,18,20). The van der Waals surface area contributed by atoms with Gasteiger partial charge in [-0.15, -0.1) is 0 Å². The number of benzene rings is 1. The Labute approximate surface area is 115 Å². The molecule has 20 heavy (non-hydrogen) atoms. The number of aromatic nitrogens is 3. The number of para-hydroxylation sites is 1. The summed E-state index contributed by atoms with van der Waals surface area (Å²) in [6.07, 6.45) is 3.45. The first kappa shape index (κ1) is 12.3. The van der Waals surface area contributed by atoms with E-state index in [-0.39, 0.29) is 11.9 Å². The number of aromatic amines is 2. The molecule has 0 aliphatic rings. The lowest BCUT2D eigenvalue weighted by atomic mass is 10.2. The van der Waals surface area contributed by atoms with Crippen LogP contribution in [0.15, 0.2) is 36.7 Å². The smallest absolute Gasteiger partial charge is 0.268 e. The Kier molecular flexibility index (Phi) is 2.90. The summed E-state index contributed by atoms with van der Waals surface area (Å²) < 4.78 is 0. The molecular weight excluding hydrogens is 254 g/mol. The molecule has 1 atom stereocenters. The zero-order valence-electron chi connectivity index (χ0n) is 11.0. The minimum Gasteiger partial charge on any atom is -0.397 e. The van der Waals surface area contributed by atoms with E-state index in [1.54, 1.807) is 24.5 Å². The van der Waals surface area contributed by atoms with E-state index >= 15 is 0 Å². The summed E-state index contributed by atoms with van der Waals surface area (Å²) in [4.78, 5) is 15.3. The van der Waals surface area contributed by atoms with Gasteiger partial charge < -0.3 is 16.0 Å². The van der Waals surface area contributed by atoms with Crippen LogP contribution in [0.1, 0.15) is 29.0 Å². The molecule has 1 unspecified atom stereocenters. The summed E-state index contributed by atoms with van der Waals surface area (Å²) in [5.41, 5.74) is 8.71. The van der Waals surface area contributed by atoms with Crippen LogP contribution in [0, 0.1) is 0 Å². The fourth-order valence-electron chi connectivity index (χ4n) is 2.16. The fourth-order valence-corrected chi connectivity index (χ4v) is 2.16. The SMILES string of the molecule is CC(NC(=O)c1cc2cccc(N)c2[nH]1)c1cn[nH]c1. The number of carbonyl (C=O) groups excluding carboxylic acids is 1. The molecule has 6 nitrogen and oxygen atoms in total. The zero-order chi connectivity index (χ0) is 14.1. The Morgan fingerprint density at radius 2 is 2.30 bits per heavy atom. The topological polar surface area (TPSA) is 99.6 Å². The van der Waals surface area contributed by atoms with Crippen molar-refractivity contribution in [3.8, 4) is 0 Å². The zero-order valence-corrected chi connectivity index (χ0v) is 11.0. The lowest BCUT2D eigenvalue weighted by Crippen LogP contribution is -2.26. The maximum atomic E-state index is 12.2. The van der Waals surface area contributed by atoms with Crippen LogP contribution in [0.4, 0.5) is 5.69 Å². The maximum Gasteiger partial charge on any atom is 0.268 e. The quantitative estimate of drug-likeness (QED) is 0.547. The number of nitrogen functional groups attached to an aromatic ring is 1. The normalized spacial score (nSPS) is 12.4. The maximum absolute atomic E-state index is 12.2. The highest BCUT2D eigenvalue weighted by molar-refractivity contribution is 6.00. The van der Waals surface area contributed by atoms with Crippen LogP contribution in [0.2, 0.25) is 0 Å². The highest BCUT2D eigenvalue weighted by Crippen LogP contribution is 2.21. The van der Waals surface area contributed by atoms with Crippen molar-refractivity contribution in [1.82, 2.24) is 20.5 Å². The van der Waals surface area contributed by atoms with Crippen LogP contribution in [-0.2, 0) is 0 Å². The number of anilines is 1. The van der Waals surface area contributed by atoms with Gasteiger partial charge in [-0.25, -0.2) is 0 Å². The molecule has 0 bridgehead atoms. The molecule has 5 N–H and O–H groups in total. The van der Waals surface area contributed by atoms with Crippen molar-refractivity contribution < 1.29 is 4.79 Å². The van der Waals surface area contributed by atoms with Crippen LogP contribution in [0.3, 0.4) is 0 Å². The van der Waals surface area contributed by atoms with Crippen molar-refractivity contribution in [2.45, 2.75) is 13.0 Å². The summed E-state index contributed by atoms with van der Waals surface area (Å²) in [5, 5.41) is 10.4. The molecule has 1 aromatic carbocycles. The predicted octanol–water partition coefficient (Wildman–Crippen LogP) is 1.96. The average molecular weight is 269 g/mol. The first-order chi connectivity index (χ1) is 9.65. The first-order valence-corrected chi connectivity index (χ1v) is 6.32. The molecule has 0 saturated heterocycles. The Balaban J connectivity index is 1.84. The van der Waals surface area contributed by atoms with Gasteiger partial charge in [0.25, 0.3) is 5.91 Å². The van der Waals surface area contributed by atoms with Crippen LogP contribution >= 0.6 is 0 Å². The van der Waals surface area contributed by atoms with Crippen molar-refractivity contribution in [2.24, 2.45) is 0 Å². The van der Waals surface area contributed by atoms with Gasteiger partial charge in [-0.05, 0) is 19.1 Å². The van der Waals surface area contributed by atoms with E-state index in [0.717, 1.165) is 16.5 Å². The molecule has 0 spiro atoms. The molecule has 0 radical (unpaired) electrons. The second kappa shape index (κ2) is 4.73. The number of rotatable bonds is 3. The fraction of sp³-hybridized carbons (Fsp3) is 0.143. The van der Waals surface area contributed by atoms with E-state index in [2.05, 4.69) is 20.5 Å². The lowest BCUT2D eigenvalue weighted by Gasteiger charge is -2.10. The number of carbonyl (C=O) groups is 1. The van der Waals surface area contributed by atoms with E-state index in [0.29, 0.717) is 11.4 Å². The summed E-state index contributed by atoms with van der Waals surface area (Å²) in [6, 6.07) is 7.25. The van der Waals surface area contributed by atoms with Gasteiger partial charge in [0.2, 0.25) is 0 Å². The van der Waals surface area contributed by atoms with Gasteiger partial charge in [0.05, 0.1) is 23.4 Å². The van der Waals surface area contributed by atoms with Crippen LogP contribution < -0.4 is 11.1 Å². The van der Waals surface area contributed by atoms with E-state index < -0.39 is 0 Å². The third-order valence-corrected chi connectivity index (χ3v) is 3.30. The second-order valence-electron chi connectivity index (χ2n) is 4.72. The minimum absolute atomic E-state index is 0.120. The average Bonchev–Trinajstić information content (AvgIpc) is 3.08. The highest BCUT2D eigenvalue weighted by Gasteiger charge is 2.14. The van der Waals surface area contributed by atoms with E-state index in [4.69, 9.17) is 5.73 Å². The van der Waals surface area contributed by atoms with Crippen molar-refractivity contribution >= 4 is 22.5 Å². The van der Waals surface area contributed by atoms with Gasteiger partial charge in [0.1, 0.15) is 5.69 Å². The summed E-state index contributed by atoms with van der Waals surface area (Å²) >= 11 is 0. The van der Waals surface area contributed by atoms with Crippen LogP contribution in [0.25, 0.3) is 10.9 Å². The molecule has 0 aliphatic carbocycles. The third-order valence-electron chi connectivity index (χ3n) is 3.30. The summed E-state index contributed by atoms with van der Waals surface area (Å²) in [6.45, 7) is 1.90. The lowest BCUT2D eigenvalue weighted by molar-refractivity contribution is 0.0935. The molecule has 0 aliphatic heterocycles. The van der Waals surface area contributed by atoms with Gasteiger partial charge in [0.15, 0.2) is 0 Å². The highest BCUT2D eigenvalue weighted by atomic mass is 16.1. The number of nitrogens with zero attached hydrogens (tertiary/aromatic N) is 1.